The third kappa shape index (κ3) is 2.54. The summed E-state index contributed by atoms with van der Waals surface area (Å²) in [5.41, 5.74) is 8.89. The van der Waals surface area contributed by atoms with E-state index in [-0.39, 0.29) is 18.4 Å². The van der Waals surface area contributed by atoms with Gasteiger partial charge in [0, 0.05) is 29.9 Å². The Morgan fingerprint density at radius 3 is 2.65 bits per heavy atom. The topological polar surface area (TPSA) is 102 Å². The summed E-state index contributed by atoms with van der Waals surface area (Å²) >= 11 is 0. The molecule has 0 saturated heterocycles. The van der Waals surface area contributed by atoms with Crippen LogP contribution in [0.4, 0.5) is 5.95 Å². The summed E-state index contributed by atoms with van der Waals surface area (Å²) in [6.45, 7) is 3.82. The molecule has 23 heavy (non-hydrogen) atoms. The number of Topliss-reactive ketones (excluding diaryl/α,β-unsaturated/α-hetero) is 1. The first-order valence-corrected chi connectivity index (χ1v) is 7.43. The van der Waals surface area contributed by atoms with Crippen LogP contribution in [0.2, 0.25) is 0 Å². The highest BCUT2D eigenvalue weighted by Crippen LogP contribution is 2.37. The van der Waals surface area contributed by atoms with E-state index in [0.29, 0.717) is 17.9 Å². The van der Waals surface area contributed by atoms with Crippen LogP contribution in [0.15, 0.2) is 24.5 Å². The SMILES string of the molecule is CCC(=O)C(=O)N1Cc2c(-c3ccncc3)nc(N)nc2C1C. The quantitative estimate of drug-likeness (QED) is 0.862. The minimum atomic E-state index is -0.489. The van der Waals surface area contributed by atoms with E-state index in [1.807, 2.05) is 19.1 Å². The molecule has 0 aromatic carbocycles. The number of hydrogen-bond acceptors (Lipinski definition) is 6. The number of hydrogen-bond donors (Lipinski definition) is 1. The molecule has 3 heterocycles. The largest absolute Gasteiger partial charge is 0.368 e. The Hall–Kier alpha value is -2.83. The molecule has 1 amide bonds. The summed E-state index contributed by atoms with van der Waals surface area (Å²) in [5.74, 6) is -0.744. The predicted octanol–water partition coefficient (Wildman–Crippen LogP) is 1.50. The summed E-state index contributed by atoms with van der Waals surface area (Å²) in [4.78, 5) is 38.2. The van der Waals surface area contributed by atoms with Crippen LogP contribution in [-0.4, -0.2) is 31.5 Å². The van der Waals surface area contributed by atoms with Gasteiger partial charge in [-0.25, -0.2) is 9.97 Å². The number of ketones is 1. The molecule has 0 radical (unpaired) electrons. The van der Waals surface area contributed by atoms with Gasteiger partial charge in [-0.15, -0.1) is 0 Å². The van der Waals surface area contributed by atoms with Gasteiger partial charge in [0.25, 0.3) is 5.91 Å². The number of aromatic nitrogens is 3. The van der Waals surface area contributed by atoms with Crippen LogP contribution in [-0.2, 0) is 16.1 Å². The Morgan fingerprint density at radius 1 is 1.30 bits per heavy atom. The lowest BCUT2D eigenvalue weighted by Crippen LogP contribution is -2.34. The third-order valence-corrected chi connectivity index (χ3v) is 4.02. The lowest BCUT2D eigenvalue weighted by molar-refractivity contribution is -0.146. The number of carbonyl (C=O) groups excluding carboxylic acids is 2. The van der Waals surface area contributed by atoms with Crippen molar-refractivity contribution in [1.29, 1.82) is 0 Å². The van der Waals surface area contributed by atoms with Crippen LogP contribution < -0.4 is 5.73 Å². The molecule has 0 bridgehead atoms. The number of fused-ring (bicyclic) bond motifs is 1. The van der Waals surface area contributed by atoms with E-state index in [1.54, 1.807) is 19.3 Å². The van der Waals surface area contributed by atoms with Gasteiger partial charge in [0.05, 0.1) is 24.0 Å². The molecule has 2 N–H and O–H groups in total. The molecular formula is C16H17N5O2. The zero-order valence-corrected chi connectivity index (χ0v) is 13.0. The first-order chi connectivity index (χ1) is 11.0. The first-order valence-electron chi connectivity index (χ1n) is 7.43. The van der Waals surface area contributed by atoms with Crippen LogP contribution in [0.1, 0.15) is 37.6 Å². The van der Waals surface area contributed by atoms with Crippen molar-refractivity contribution in [2.24, 2.45) is 0 Å². The summed E-state index contributed by atoms with van der Waals surface area (Å²) < 4.78 is 0. The number of rotatable bonds is 3. The second kappa shape index (κ2) is 5.75. The summed E-state index contributed by atoms with van der Waals surface area (Å²) in [6.07, 6.45) is 3.52. The van der Waals surface area contributed by atoms with Crippen LogP contribution in [0.25, 0.3) is 11.3 Å². The fourth-order valence-corrected chi connectivity index (χ4v) is 2.78. The molecule has 2 aromatic heterocycles. The smallest absolute Gasteiger partial charge is 0.290 e. The highest BCUT2D eigenvalue weighted by Gasteiger charge is 2.36. The fraction of sp³-hybridized carbons (Fsp3) is 0.312. The van der Waals surface area contributed by atoms with E-state index in [2.05, 4.69) is 15.0 Å². The monoisotopic (exact) mass is 311 g/mol. The van der Waals surface area contributed by atoms with Crippen molar-refractivity contribution >= 4 is 17.6 Å². The molecule has 3 rings (SSSR count). The van der Waals surface area contributed by atoms with Gasteiger partial charge in [-0.2, -0.15) is 0 Å². The van der Waals surface area contributed by atoms with Crippen molar-refractivity contribution in [3.05, 3.63) is 35.8 Å². The van der Waals surface area contributed by atoms with Gasteiger partial charge in [-0.05, 0) is 19.1 Å². The number of pyridine rings is 1. The molecule has 118 valence electrons. The van der Waals surface area contributed by atoms with E-state index >= 15 is 0 Å². The molecule has 1 unspecified atom stereocenters. The van der Waals surface area contributed by atoms with E-state index in [0.717, 1.165) is 11.1 Å². The maximum absolute atomic E-state index is 12.3. The fourth-order valence-electron chi connectivity index (χ4n) is 2.78. The van der Waals surface area contributed by atoms with Crippen molar-refractivity contribution in [3.8, 4) is 11.3 Å². The molecule has 2 aromatic rings. The third-order valence-electron chi connectivity index (χ3n) is 4.02. The lowest BCUT2D eigenvalue weighted by atomic mass is 10.1. The number of carbonyl (C=O) groups is 2. The van der Waals surface area contributed by atoms with E-state index < -0.39 is 11.7 Å². The molecule has 0 saturated carbocycles. The number of nitrogen functional groups attached to an aromatic ring is 1. The number of anilines is 1. The summed E-state index contributed by atoms with van der Waals surface area (Å²) in [5, 5.41) is 0. The Labute approximate surface area is 133 Å². The van der Waals surface area contributed by atoms with Crippen LogP contribution in [0.5, 0.6) is 0 Å². The van der Waals surface area contributed by atoms with Gasteiger partial charge < -0.3 is 10.6 Å². The highest BCUT2D eigenvalue weighted by molar-refractivity contribution is 6.36. The zero-order valence-electron chi connectivity index (χ0n) is 13.0. The maximum atomic E-state index is 12.3. The summed E-state index contributed by atoms with van der Waals surface area (Å²) in [6, 6.07) is 3.35. The molecule has 0 fully saturated rings. The molecule has 0 spiro atoms. The molecule has 0 aliphatic carbocycles. The highest BCUT2D eigenvalue weighted by atomic mass is 16.2. The predicted molar refractivity (Wildman–Crippen MR) is 83.9 cm³/mol. The van der Waals surface area contributed by atoms with Crippen molar-refractivity contribution in [2.75, 3.05) is 5.73 Å². The van der Waals surface area contributed by atoms with E-state index in [1.165, 1.54) is 4.90 Å². The number of amides is 1. The second-order valence-electron chi connectivity index (χ2n) is 5.42. The standard InChI is InChI=1S/C16H17N5O2/c1-3-12(22)15(23)21-8-11-13(9(21)2)19-16(17)20-14(11)10-4-6-18-7-5-10/h4-7,9H,3,8H2,1-2H3,(H2,17,19,20). The van der Waals surface area contributed by atoms with Crippen molar-refractivity contribution in [3.63, 3.8) is 0 Å². The van der Waals surface area contributed by atoms with Gasteiger partial charge in [-0.1, -0.05) is 6.92 Å². The van der Waals surface area contributed by atoms with Crippen molar-refractivity contribution in [2.45, 2.75) is 32.9 Å². The van der Waals surface area contributed by atoms with E-state index in [9.17, 15) is 9.59 Å². The van der Waals surface area contributed by atoms with Gasteiger partial charge in [0.1, 0.15) is 0 Å². The van der Waals surface area contributed by atoms with Crippen LogP contribution in [0.3, 0.4) is 0 Å². The average molecular weight is 311 g/mol. The van der Waals surface area contributed by atoms with Gasteiger partial charge >= 0.3 is 0 Å². The number of nitrogens with two attached hydrogens (primary N) is 1. The minimum Gasteiger partial charge on any atom is -0.368 e. The van der Waals surface area contributed by atoms with Crippen LogP contribution in [0, 0.1) is 0 Å². The van der Waals surface area contributed by atoms with Gasteiger partial charge in [0.15, 0.2) is 0 Å². The number of nitrogens with zero attached hydrogens (tertiary/aromatic N) is 4. The molecule has 1 aliphatic rings. The van der Waals surface area contributed by atoms with Crippen LogP contribution >= 0.6 is 0 Å². The second-order valence-corrected chi connectivity index (χ2v) is 5.42. The first kappa shape index (κ1) is 15.1. The molecule has 7 nitrogen and oxygen atoms in total. The van der Waals surface area contributed by atoms with Crippen molar-refractivity contribution < 1.29 is 9.59 Å². The molecule has 1 atom stereocenters. The Bertz CT molecular complexity index is 776. The zero-order chi connectivity index (χ0) is 16.6. The van der Waals surface area contributed by atoms with Crippen molar-refractivity contribution in [1.82, 2.24) is 19.9 Å². The van der Waals surface area contributed by atoms with Gasteiger partial charge in [-0.3, -0.25) is 14.6 Å². The molecule has 7 heteroatoms. The lowest BCUT2D eigenvalue weighted by Gasteiger charge is -2.20. The maximum Gasteiger partial charge on any atom is 0.290 e. The Morgan fingerprint density at radius 2 is 2.00 bits per heavy atom. The normalized spacial score (nSPS) is 16.3. The Balaban J connectivity index is 2.07. The average Bonchev–Trinajstić information content (AvgIpc) is 2.90. The molecular weight excluding hydrogens is 294 g/mol. The van der Waals surface area contributed by atoms with E-state index in [4.69, 9.17) is 5.73 Å². The molecule has 1 aliphatic heterocycles. The summed E-state index contributed by atoms with van der Waals surface area (Å²) in [7, 11) is 0. The Kier molecular flexibility index (Phi) is 3.77. The minimum absolute atomic E-state index is 0.151. The van der Waals surface area contributed by atoms with Gasteiger partial charge in [0.2, 0.25) is 11.7 Å².